The van der Waals surface area contributed by atoms with Crippen LogP contribution >= 0.6 is 0 Å². The van der Waals surface area contributed by atoms with Crippen LogP contribution in [0.3, 0.4) is 0 Å². The summed E-state index contributed by atoms with van der Waals surface area (Å²) in [6.07, 6.45) is 5.36. The lowest BCUT2D eigenvalue weighted by atomic mass is 9.81. The van der Waals surface area contributed by atoms with Crippen molar-refractivity contribution in [1.82, 2.24) is 19.5 Å². The predicted molar refractivity (Wildman–Crippen MR) is 255 cm³/mol. The van der Waals surface area contributed by atoms with Gasteiger partial charge in [-0.05, 0) is 135 Å². The molecule has 4 heterocycles. The third-order valence-electron chi connectivity index (χ3n) is 11.9. The van der Waals surface area contributed by atoms with E-state index in [0.29, 0.717) is 0 Å². The molecule has 0 N–H and O–H groups in total. The number of hydrogen-bond donors (Lipinski definition) is 0. The molecule has 10 aromatic rings. The lowest BCUT2D eigenvalue weighted by Gasteiger charge is -2.23. The van der Waals surface area contributed by atoms with Crippen LogP contribution in [0.2, 0.25) is 0 Å². The third kappa shape index (κ3) is 6.73. The minimum atomic E-state index is -0.165. The number of benzene rings is 6. The minimum Gasteiger partial charge on any atom is -0.309 e. The zero-order valence-corrected chi connectivity index (χ0v) is 34.5. The number of para-hydroxylation sites is 2. The van der Waals surface area contributed by atoms with E-state index in [9.17, 15) is 0 Å². The van der Waals surface area contributed by atoms with Gasteiger partial charge in [0, 0.05) is 34.3 Å². The van der Waals surface area contributed by atoms with E-state index >= 15 is 0 Å². The topological polar surface area (TPSA) is 43.6 Å². The Balaban J connectivity index is 0.00000144. The Bertz CT molecular complexity index is 3120. The number of pyridine rings is 3. The van der Waals surface area contributed by atoms with Gasteiger partial charge in [-0.15, -0.1) is 6.58 Å². The van der Waals surface area contributed by atoms with Gasteiger partial charge in [0.2, 0.25) is 0 Å². The molecule has 0 spiro atoms. The maximum Gasteiger partial charge on any atom is 0.0900 e. The Morgan fingerprint density at radius 3 is 1.43 bits per heavy atom. The number of nitrogens with zero attached hydrogens (tertiary/aromatic N) is 4. The van der Waals surface area contributed by atoms with Crippen LogP contribution < -0.4 is 0 Å². The van der Waals surface area contributed by atoms with Crippen molar-refractivity contribution in [3.8, 4) is 73.0 Å². The molecule has 0 saturated carbocycles. The van der Waals surface area contributed by atoms with Gasteiger partial charge in [-0.2, -0.15) is 0 Å². The highest BCUT2D eigenvalue weighted by Crippen LogP contribution is 2.51. The summed E-state index contributed by atoms with van der Waals surface area (Å²) in [7, 11) is 0. The standard InChI is InChI=1S/C54H38N4.C3H6/c1-54(2)46-31-38(35-20-22-36(23-21-35)40-33-50(48-16-7-9-28-55-48)57-51(34-40)49-17-8-10-29-56-49)24-26-42(46)43-27-25-39(32-47(43)54)37-12-11-13-41(30-37)58-52-18-5-3-14-44(52)45-15-4-6-19-53(45)58;1-3-2/h3-34H,1-2H3;3H,1H2,2H3. The van der Waals surface area contributed by atoms with Crippen LogP contribution in [-0.2, 0) is 5.41 Å². The maximum absolute atomic E-state index is 4.96. The second kappa shape index (κ2) is 15.5. The molecule has 292 valence electrons. The van der Waals surface area contributed by atoms with E-state index in [2.05, 4.69) is 181 Å². The Kier molecular flexibility index (Phi) is 9.54. The molecule has 6 aromatic carbocycles. The Morgan fingerprint density at radius 1 is 0.443 bits per heavy atom. The highest BCUT2D eigenvalue weighted by Gasteiger charge is 2.36. The van der Waals surface area contributed by atoms with E-state index in [-0.39, 0.29) is 5.41 Å². The summed E-state index contributed by atoms with van der Waals surface area (Å²) in [6, 6.07) is 65.4. The van der Waals surface area contributed by atoms with Crippen molar-refractivity contribution in [3.63, 3.8) is 0 Å². The highest BCUT2D eigenvalue weighted by molar-refractivity contribution is 6.09. The monoisotopic (exact) mass is 784 g/mol. The van der Waals surface area contributed by atoms with Gasteiger partial charge < -0.3 is 4.57 Å². The van der Waals surface area contributed by atoms with Crippen LogP contribution in [-0.4, -0.2) is 19.5 Å². The first-order valence-corrected chi connectivity index (χ1v) is 20.8. The number of allylic oxidation sites excluding steroid dienone is 1. The van der Waals surface area contributed by atoms with Gasteiger partial charge in [0.15, 0.2) is 0 Å². The summed E-state index contributed by atoms with van der Waals surface area (Å²) in [6.45, 7) is 9.98. The second-order valence-electron chi connectivity index (χ2n) is 16.1. The quantitative estimate of drug-likeness (QED) is 0.158. The third-order valence-corrected chi connectivity index (χ3v) is 11.9. The van der Waals surface area contributed by atoms with Gasteiger partial charge in [-0.25, -0.2) is 4.98 Å². The molecule has 0 saturated heterocycles. The molecule has 1 aliphatic rings. The van der Waals surface area contributed by atoms with Crippen molar-refractivity contribution >= 4 is 21.8 Å². The molecule has 0 radical (unpaired) electrons. The lowest BCUT2D eigenvalue weighted by molar-refractivity contribution is 0.661. The number of aromatic nitrogens is 4. The largest absolute Gasteiger partial charge is 0.309 e. The summed E-state index contributed by atoms with van der Waals surface area (Å²) in [4.78, 5) is 14.1. The molecule has 4 heteroatoms. The van der Waals surface area contributed by atoms with E-state index in [0.717, 1.165) is 33.9 Å². The Hall–Kier alpha value is -7.69. The zero-order chi connectivity index (χ0) is 41.5. The van der Waals surface area contributed by atoms with Crippen molar-refractivity contribution in [2.75, 3.05) is 0 Å². The lowest BCUT2D eigenvalue weighted by Crippen LogP contribution is -2.15. The fourth-order valence-electron chi connectivity index (χ4n) is 8.97. The first kappa shape index (κ1) is 37.6. The Labute approximate surface area is 357 Å². The fraction of sp³-hybridized carbons (Fsp3) is 0.0702. The molecular weight excluding hydrogens is 741 g/mol. The number of rotatable bonds is 6. The molecule has 0 atom stereocenters. The first-order chi connectivity index (χ1) is 29.9. The van der Waals surface area contributed by atoms with Gasteiger partial charge in [-0.3, -0.25) is 9.97 Å². The molecule has 11 rings (SSSR count). The van der Waals surface area contributed by atoms with Gasteiger partial charge in [0.25, 0.3) is 0 Å². The number of hydrogen-bond acceptors (Lipinski definition) is 3. The maximum atomic E-state index is 4.96. The summed E-state index contributed by atoms with van der Waals surface area (Å²) in [5.74, 6) is 0. The van der Waals surface area contributed by atoms with E-state index in [1.54, 1.807) is 18.5 Å². The zero-order valence-electron chi connectivity index (χ0n) is 34.5. The van der Waals surface area contributed by atoms with Gasteiger partial charge >= 0.3 is 0 Å². The molecule has 0 fully saturated rings. The van der Waals surface area contributed by atoms with Crippen molar-refractivity contribution in [2.24, 2.45) is 0 Å². The van der Waals surface area contributed by atoms with Crippen LogP contribution in [0.15, 0.2) is 207 Å². The molecule has 0 amide bonds. The van der Waals surface area contributed by atoms with Gasteiger partial charge in [0.05, 0.1) is 33.8 Å². The normalized spacial score (nSPS) is 12.4. The highest BCUT2D eigenvalue weighted by atomic mass is 15.0. The number of fused-ring (bicyclic) bond motifs is 6. The first-order valence-electron chi connectivity index (χ1n) is 20.8. The van der Waals surface area contributed by atoms with E-state index in [1.807, 2.05) is 43.3 Å². The average Bonchev–Trinajstić information content (AvgIpc) is 3.77. The van der Waals surface area contributed by atoms with Gasteiger partial charge in [0.1, 0.15) is 0 Å². The van der Waals surface area contributed by atoms with Crippen LogP contribution in [0.4, 0.5) is 0 Å². The van der Waals surface area contributed by atoms with Crippen LogP contribution in [0, 0.1) is 0 Å². The summed E-state index contributed by atoms with van der Waals surface area (Å²) >= 11 is 0. The Morgan fingerprint density at radius 2 is 0.902 bits per heavy atom. The van der Waals surface area contributed by atoms with E-state index in [4.69, 9.17) is 4.98 Å². The van der Waals surface area contributed by atoms with E-state index in [1.165, 1.54) is 72.0 Å². The van der Waals surface area contributed by atoms with Crippen LogP contribution in [0.25, 0.3) is 94.8 Å². The molecule has 4 nitrogen and oxygen atoms in total. The van der Waals surface area contributed by atoms with Crippen molar-refractivity contribution in [2.45, 2.75) is 26.2 Å². The molecule has 4 aromatic heterocycles. The summed E-state index contributed by atoms with van der Waals surface area (Å²) in [5.41, 5.74) is 19.1. The van der Waals surface area contributed by atoms with E-state index < -0.39 is 0 Å². The van der Waals surface area contributed by atoms with Crippen molar-refractivity contribution < 1.29 is 0 Å². The average molecular weight is 785 g/mol. The molecule has 61 heavy (non-hydrogen) atoms. The van der Waals surface area contributed by atoms with Crippen LogP contribution in [0.5, 0.6) is 0 Å². The fourth-order valence-corrected chi connectivity index (χ4v) is 8.97. The second-order valence-corrected chi connectivity index (χ2v) is 16.1. The summed E-state index contributed by atoms with van der Waals surface area (Å²) < 4.78 is 2.39. The van der Waals surface area contributed by atoms with Crippen molar-refractivity contribution in [3.05, 3.63) is 218 Å². The molecule has 0 unspecified atom stereocenters. The smallest absolute Gasteiger partial charge is 0.0900 e. The minimum absolute atomic E-state index is 0.165. The predicted octanol–water partition coefficient (Wildman–Crippen LogP) is 14.8. The molecular formula is C57H44N4. The van der Waals surface area contributed by atoms with Crippen molar-refractivity contribution in [1.29, 1.82) is 0 Å². The molecule has 0 aliphatic heterocycles. The van der Waals surface area contributed by atoms with Crippen LogP contribution in [0.1, 0.15) is 31.9 Å². The van der Waals surface area contributed by atoms with Gasteiger partial charge in [-0.1, -0.05) is 129 Å². The molecule has 1 aliphatic carbocycles. The molecule has 0 bridgehead atoms. The SMILES string of the molecule is C=CC.CC1(C)c2cc(-c3ccc(-c4cc(-c5ccccn5)nc(-c5ccccn5)c4)cc3)ccc2-c2ccc(-c3cccc(-n4c5ccccc5c5ccccc54)c3)cc21. The summed E-state index contributed by atoms with van der Waals surface area (Å²) in [5, 5.41) is 2.55.